The average Bonchev–Trinajstić information content (AvgIpc) is 3.98. The second kappa shape index (κ2) is 35.6. The molecule has 10 N–H and O–H groups in total. The highest BCUT2D eigenvalue weighted by Crippen LogP contribution is 2.29. The monoisotopic (exact) mass is 1190 g/mol. The third-order valence-corrected chi connectivity index (χ3v) is 13.6. The third-order valence-electron chi connectivity index (χ3n) is 12.7. The zero-order valence-electron chi connectivity index (χ0n) is 46.3. The molecule has 0 aliphatic carbocycles. The van der Waals surface area contributed by atoms with E-state index >= 15 is 0 Å². The number of benzene rings is 3. The van der Waals surface area contributed by atoms with E-state index in [1.807, 2.05) is 78.2 Å². The van der Waals surface area contributed by atoms with Crippen LogP contribution in [0.1, 0.15) is 112 Å². The second-order valence-corrected chi connectivity index (χ2v) is 20.4. The number of nitrogens with zero attached hydrogens (tertiary/aromatic N) is 5. The first-order valence-electron chi connectivity index (χ1n) is 27.4. The highest BCUT2D eigenvalue weighted by molar-refractivity contribution is 7.80. The minimum atomic E-state index is -0.569. The van der Waals surface area contributed by atoms with Crippen molar-refractivity contribution in [2.24, 2.45) is 5.10 Å². The van der Waals surface area contributed by atoms with E-state index in [9.17, 15) is 44.4 Å². The molecule has 82 heavy (non-hydrogen) atoms. The number of hydrogen-bond donors (Lipinski definition) is 10. The molecule has 2 heterocycles. The molecule has 0 spiro atoms. The summed E-state index contributed by atoms with van der Waals surface area (Å²) in [6, 6.07) is 22.6. The van der Waals surface area contributed by atoms with Crippen LogP contribution in [0.3, 0.4) is 0 Å². The number of hydrazone groups is 1. The minimum Gasteiger partial charge on any atom is -0.451 e. The number of anilines is 2. The van der Waals surface area contributed by atoms with E-state index in [1.165, 1.54) is 13.1 Å². The number of carbonyl (C=O) groups is 6. The SMILES string of the molecule is CC(=O)N(O)CCCCCNC(=O)CCC(=O)N(O)CCCCCNC(=O)CCC(=O)N(O)CCCCCNC(=S)Nc1ccc(NC(=S)NCCOCCn2c(Cl)c(/C=N/NC(=O)c3cc4cc(C)ccc4o3)c3ccccc32)cc1. The number of ether oxygens (including phenoxy) is 1. The Bertz CT molecular complexity index is 2960. The van der Waals surface area contributed by atoms with Crippen LogP contribution in [0.25, 0.3) is 21.9 Å². The van der Waals surface area contributed by atoms with Gasteiger partial charge >= 0.3 is 5.91 Å². The van der Waals surface area contributed by atoms with Crippen LogP contribution in [-0.4, -0.2) is 146 Å². The van der Waals surface area contributed by atoms with Crippen molar-refractivity contribution in [1.82, 2.24) is 46.4 Å². The largest absolute Gasteiger partial charge is 0.451 e. The van der Waals surface area contributed by atoms with Crippen molar-refractivity contribution >= 4 is 121 Å². The number of carbonyl (C=O) groups excluding carboxylic acids is 6. The van der Waals surface area contributed by atoms with E-state index in [2.05, 4.69) is 42.4 Å². The van der Waals surface area contributed by atoms with Gasteiger partial charge in [-0.2, -0.15) is 5.10 Å². The summed E-state index contributed by atoms with van der Waals surface area (Å²) >= 11 is 17.8. The van der Waals surface area contributed by atoms with E-state index in [0.717, 1.165) is 39.6 Å². The maximum atomic E-state index is 12.8. The molecular weight excluding hydrogens is 1120 g/mol. The van der Waals surface area contributed by atoms with Crippen molar-refractivity contribution in [2.45, 2.75) is 104 Å². The number of furan rings is 1. The lowest BCUT2D eigenvalue weighted by Crippen LogP contribution is -2.32. The Balaban J connectivity index is 0.831. The number of unbranched alkanes of at least 4 members (excludes halogenated alkanes) is 6. The van der Waals surface area contributed by atoms with Gasteiger partial charge < -0.3 is 45.6 Å². The number of thiocarbonyl (C=S) groups is 2. The molecule has 0 bridgehead atoms. The number of aromatic nitrogens is 1. The number of hydroxylamine groups is 6. The molecule has 0 saturated heterocycles. The van der Waals surface area contributed by atoms with Crippen LogP contribution in [0.5, 0.6) is 0 Å². The number of hydrogen-bond acceptors (Lipinski definition) is 14. The fourth-order valence-corrected chi connectivity index (χ4v) is 9.00. The standard InChI is InChI=1S/C56H75ClN12O11S2/c1-39-16-21-47-41(36-39)37-48(80-47)54(75)65-62-38-45-44-14-6-7-15-46(44)66(53(45)57)33-35-79-34-29-61-56(82)64-43-19-17-42(18-20-43)63-55(81)60-28-10-5-13-32-69(78)52(74)25-23-50(72)59-27-9-4-12-31-68(77)51(73)24-22-49(71)58-26-8-3-11-30-67(76)40(2)70/h6-7,14-21,36-38,76-78H,3-5,8-13,22-35H2,1-2H3,(H,58,71)(H,59,72)(H,65,75)(H2,60,63,81)(H2,61,64,82)/b62-38+. The first kappa shape index (κ1) is 65.5. The maximum absolute atomic E-state index is 12.8. The fraction of sp³-hybridized carbons (Fsp3) is 0.446. The molecule has 0 radical (unpaired) electrons. The highest BCUT2D eigenvalue weighted by atomic mass is 35.5. The predicted molar refractivity (Wildman–Crippen MR) is 321 cm³/mol. The van der Waals surface area contributed by atoms with Crippen LogP contribution in [0, 0.1) is 6.92 Å². The van der Waals surface area contributed by atoms with Crippen molar-refractivity contribution < 1.29 is 53.5 Å². The third kappa shape index (κ3) is 23.3. The van der Waals surface area contributed by atoms with Gasteiger partial charge in [0, 0.05) is 118 Å². The predicted octanol–water partition coefficient (Wildman–Crippen LogP) is 7.38. The molecule has 0 saturated carbocycles. The molecule has 3 aromatic carbocycles. The molecule has 26 heteroatoms. The number of aryl methyl sites for hydroxylation is 1. The summed E-state index contributed by atoms with van der Waals surface area (Å²) in [7, 11) is 0. The number of para-hydroxylation sites is 1. The molecule has 0 fully saturated rings. The molecule has 0 aliphatic heterocycles. The molecule has 2 aromatic heterocycles. The highest BCUT2D eigenvalue weighted by Gasteiger charge is 2.18. The summed E-state index contributed by atoms with van der Waals surface area (Å²) in [5.74, 6) is -2.50. The number of fused-ring (bicyclic) bond motifs is 2. The molecule has 5 aromatic rings. The minimum absolute atomic E-state index is 0.0650. The molecular formula is C56H75ClN12O11S2. The van der Waals surface area contributed by atoms with E-state index in [1.54, 1.807) is 6.07 Å². The topological polar surface area (TPSA) is 297 Å². The Hall–Kier alpha value is -7.26. The van der Waals surface area contributed by atoms with Gasteiger partial charge in [-0.15, -0.1) is 0 Å². The molecule has 0 unspecified atom stereocenters. The van der Waals surface area contributed by atoms with E-state index in [0.29, 0.717) is 139 Å². The maximum Gasteiger partial charge on any atom is 0.307 e. The van der Waals surface area contributed by atoms with Gasteiger partial charge in [0.2, 0.25) is 29.5 Å². The number of halogens is 1. The van der Waals surface area contributed by atoms with Gasteiger partial charge in [-0.05, 0) is 138 Å². The molecule has 444 valence electrons. The Morgan fingerprint density at radius 3 is 1.77 bits per heavy atom. The fourth-order valence-electron chi connectivity index (χ4n) is 8.24. The van der Waals surface area contributed by atoms with Gasteiger partial charge in [0.1, 0.15) is 10.7 Å². The van der Waals surface area contributed by atoms with Crippen LogP contribution < -0.4 is 37.3 Å². The van der Waals surface area contributed by atoms with Crippen LogP contribution in [0.15, 0.2) is 82.3 Å². The van der Waals surface area contributed by atoms with Gasteiger partial charge in [-0.25, -0.2) is 20.6 Å². The molecule has 5 rings (SSSR count). The number of rotatable bonds is 35. The molecule has 0 atom stereocenters. The molecule has 0 aliphatic rings. The van der Waals surface area contributed by atoms with Crippen molar-refractivity contribution in [3.63, 3.8) is 0 Å². The van der Waals surface area contributed by atoms with E-state index in [-0.39, 0.29) is 62.9 Å². The lowest BCUT2D eigenvalue weighted by Gasteiger charge is -2.15. The Kier molecular flexibility index (Phi) is 28.4. The normalized spacial score (nSPS) is 11.1. The van der Waals surface area contributed by atoms with Crippen LogP contribution in [-0.2, 0) is 35.3 Å². The quantitative estimate of drug-likeness (QED) is 0.00622. The number of amides is 6. The summed E-state index contributed by atoms with van der Waals surface area (Å²) in [4.78, 5) is 72.6. The average molecular weight is 1190 g/mol. The van der Waals surface area contributed by atoms with Crippen LogP contribution in [0.2, 0.25) is 5.15 Å². The zero-order valence-corrected chi connectivity index (χ0v) is 48.7. The van der Waals surface area contributed by atoms with Crippen LogP contribution in [0.4, 0.5) is 11.4 Å². The van der Waals surface area contributed by atoms with Crippen molar-refractivity contribution in [2.75, 3.05) is 69.7 Å². The summed E-state index contributed by atoms with van der Waals surface area (Å²) < 4.78 is 13.5. The Morgan fingerprint density at radius 2 is 1.20 bits per heavy atom. The van der Waals surface area contributed by atoms with Gasteiger partial charge in [-0.1, -0.05) is 41.4 Å². The Labute approximate surface area is 492 Å². The number of nitrogens with one attached hydrogen (secondary N) is 7. The van der Waals surface area contributed by atoms with Gasteiger partial charge in [0.05, 0.1) is 19.4 Å². The van der Waals surface area contributed by atoms with Crippen molar-refractivity contribution in [3.05, 3.63) is 94.8 Å². The van der Waals surface area contributed by atoms with Gasteiger partial charge in [0.25, 0.3) is 0 Å². The first-order chi connectivity index (χ1) is 39.5. The van der Waals surface area contributed by atoms with Gasteiger partial charge in [-0.3, -0.25) is 44.4 Å². The molecule has 23 nitrogen and oxygen atoms in total. The van der Waals surface area contributed by atoms with Gasteiger partial charge in [0.15, 0.2) is 16.0 Å². The summed E-state index contributed by atoms with van der Waals surface area (Å²) in [6.07, 6.45) is 6.73. The summed E-state index contributed by atoms with van der Waals surface area (Å²) in [5, 5.41) is 56.7. The summed E-state index contributed by atoms with van der Waals surface area (Å²) in [6.45, 7) is 6.71. The van der Waals surface area contributed by atoms with E-state index in [4.69, 9.17) is 45.2 Å². The first-order valence-corrected chi connectivity index (χ1v) is 28.5. The smallest absolute Gasteiger partial charge is 0.307 e. The lowest BCUT2D eigenvalue weighted by molar-refractivity contribution is -0.166. The molecule has 6 amide bonds. The lowest BCUT2D eigenvalue weighted by atomic mass is 10.2. The zero-order chi connectivity index (χ0) is 59.2. The second-order valence-electron chi connectivity index (χ2n) is 19.2. The van der Waals surface area contributed by atoms with Crippen molar-refractivity contribution in [1.29, 1.82) is 0 Å². The van der Waals surface area contributed by atoms with Crippen molar-refractivity contribution in [3.8, 4) is 0 Å². The Morgan fingerprint density at radius 1 is 0.659 bits per heavy atom. The summed E-state index contributed by atoms with van der Waals surface area (Å²) in [5.41, 5.74) is 7.33. The van der Waals surface area contributed by atoms with E-state index < -0.39 is 23.6 Å². The van der Waals surface area contributed by atoms with Crippen LogP contribution >= 0.6 is 36.0 Å².